The molecule has 0 aromatic heterocycles. The minimum Gasteiger partial charge on any atom is -0.396 e. The second-order valence-corrected chi connectivity index (χ2v) is 5.39. The smallest absolute Gasteiger partial charge is 0.252 e. The molecule has 0 heterocycles. The molecule has 0 radical (unpaired) electrons. The van der Waals surface area contributed by atoms with Gasteiger partial charge >= 0.3 is 0 Å². The van der Waals surface area contributed by atoms with Crippen molar-refractivity contribution in [1.82, 2.24) is 5.32 Å². The Morgan fingerprint density at radius 2 is 2.19 bits per heavy atom. The number of aliphatic hydroxyl groups is 1. The number of benzene rings is 1. The summed E-state index contributed by atoms with van der Waals surface area (Å²) in [6, 6.07) is 5.61. The molecule has 0 aliphatic heterocycles. The van der Waals surface area contributed by atoms with E-state index in [4.69, 9.17) is 5.11 Å². The van der Waals surface area contributed by atoms with Gasteiger partial charge in [-0.05, 0) is 53.6 Å². The predicted molar refractivity (Wildman–Crippen MR) is 75.5 cm³/mol. The summed E-state index contributed by atoms with van der Waals surface area (Å²) in [6.45, 7) is 0.770. The van der Waals surface area contributed by atoms with Gasteiger partial charge in [-0.1, -0.05) is 15.9 Å². The van der Waals surface area contributed by atoms with Crippen LogP contribution in [0.15, 0.2) is 22.7 Å². The number of nitrogens with one attached hydrogen (secondary N) is 1. The maximum absolute atomic E-state index is 11.8. The third kappa shape index (κ3) is 4.39. The van der Waals surface area contributed by atoms with E-state index < -0.39 is 0 Å². The van der Waals surface area contributed by atoms with Crippen molar-refractivity contribution in [3.05, 3.63) is 31.8 Å². The van der Waals surface area contributed by atoms with Crippen LogP contribution in [0.5, 0.6) is 0 Å². The molecule has 16 heavy (non-hydrogen) atoms. The second-order valence-electron chi connectivity index (χ2n) is 3.31. The van der Waals surface area contributed by atoms with Crippen molar-refractivity contribution in [1.29, 1.82) is 0 Å². The number of unbranched alkanes of at least 4 members (excludes halogenated alkanes) is 1. The molecule has 1 rings (SSSR count). The molecule has 2 N–H and O–H groups in total. The van der Waals surface area contributed by atoms with E-state index in [9.17, 15) is 4.79 Å². The summed E-state index contributed by atoms with van der Waals surface area (Å²) in [4.78, 5) is 11.8. The molecule has 0 atom stereocenters. The van der Waals surface area contributed by atoms with Gasteiger partial charge in [0.1, 0.15) is 0 Å². The van der Waals surface area contributed by atoms with Gasteiger partial charge in [-0.15, -0.1) is 0 Å². The average Bonchev–Trinajstić information content (AvgIpc) is 2.27. The monoisotopic (exact) mass is 397 g/mol. The van der Waals surface area contributed by atoms with Crippen LogP contribution < -0.4 is 5.32 Å². The quantitative estimate of drug-likeness (QED) is 0.592. The molecule has 3 nitrogen and oxygen atoms in total. The summed E-state index contributed by atoms with van der Waals surface area (Å²) < 4.78 is 1.83. The minimum atomic E-state index is -0.0661. The lowest BCUT2D eigenvalue weighted by Gasteiger charge is -2.06. The molecule has 88 valence electrons. The molecule has 0 fully saturated rings. The Labute approximate surface area is 117 Å². The fraction of sp³-hybridized carbons (Fsp3) is 0.364. The number of hydrogen-bond acceptors (Lipinski definition) is 2. The number of halogens is 2. The Morgan fingerprint density at radius 1 is 1.44 bits per heavy atom. The minimum absolute atomic E-state index is 0.0661. The zero-order valence-corrected chi connectivity index (χ0v) is 12.4. The van der Waals surface area contributed by atoms with Crippen molar-refractivity contribution in [2.75, 3.05) is 13.2 Å². The van der Waals surface area contributed by atoms with Crippen molar-refractivity contribution in [2.45, 2.75) is 12.8 Å². The first-order valence-electron chi connectivity index (χ1n) is 4.99. The summed E-state index contributed by atoms with van der Waals surface area (Å²) in [5.74, 6) is -0.0661. The normalized spacial score (nSPS) is 10.2. The van der Waals surface area contributed by atoms with Gasteiger partial charge in [-0.3, -0.25) is 4.79 Å². The van der Waals surface area contributed by atoms with Crippen LogP contribution >= 0.6 is 38.5 Å². The Hall–Kier alpha value is -0.140. The van der Waals surface area contributed by atoms with Crippen LogP contribution in [0, 0.1) is 3.57 Å². The number of carbonyl (C=O) groups excluding carboxylic acids is 1. The maximum atomic E-state index is 11.8. The molecule has 0 saturated carbocycles. The van der Waals surface area contributed by atoms with E-state index in [0.717, 1.165) is 20.9 Å². The number of rotatable bonds is 5. The van der Waals surface area contributed by atoms with Crippen LogP contribution in [-0.4, -0.2) is 24.2 Å². The highest BCUT2D eigenvalue weighted by molar-refractivity contribution is 14.1. The molecule has 1 aromatic carbocycles. The molecule has 0 aliphatic carbocycles. The Kier molecular flexibility index (Phi) is 6.30. The molecule has 1 aromatic rings. The first kappa shape index (κ1) is 13.9. The lowest BCUT2D eigenvalue weighted by molar-refractivity contribution is 0.0951. The van der Waals surface area contributed by atoms with Gasteiger partial charge in [0.05, 0.1) is 5.56 Å². The van der Waals surface area contributed by atoms with Crippen LogP contribution in [0.4, 0.5) is 0 Å². The molecule has 0 aliphatic rings. The van der Waals surface area contributed by atoms with Crippen LogP contribution in [0.2, 0.25) is 0 Å². The molecule has 0 spiro atoms. The Balaban J connectivity index is 2.55. The van der Waals surface area contributed by atoms with Gasteiger partial charge in [-0.25, -0.2) is 0 Å². The van der Waals surface area contributed by atoms with Crippen molar-refractivity contribution in [2.24, 2.45) is 0 Å². The van der Waals surface area contributed by atoms with E-state index in [1.165, 1.54) is 0 Å². The highest BCUT2D eigenvalue weighted by atomic mass is 127. The second kappa shape index (κ2) is 7.24. The molecule has 0 unspecified atom stereocenters. The first-order valence-corrected chi connectivity index (χ1v) is 6.86. The largest absolute Gasteiger partial charge is 0.396 e. The zero-order valence-electron chi connectivity index (χ0n) is 8.67. The zero-order chi connectivity index (χ0) is 12.0. The number of hydrogen-bond donors (Lipinski definition) is 2. The average molecular weight is 398 g/mol. The van der Waals surface area contributed by atoms with Crippen LogP contribution in [0.25, 0.3) is 0 Å². The van der Waals surface area contributed by atoms with Crippen LogP contribution in [0.1, 0.15) is 23.2 Å². The van der Waals surface area contributed by atoms with Gasteiger partial charge in [0.15, 0.2) is 0 Å². The van der Waals surface area contributed by atoms with Gasteiger partial charge in [-0.2, -0.15) is 0 Å². The lowest BCUT2D eigenvalue weighted by Crippen LogP contribution is -2.25. The van der Waals surface area contributed by atoms with Crippen molar-refractivity contribution < 1.29 is 9.90 Å². The van der Waals surface area contributed by atoms with Crippen molar-refractivity contribution in [3.63, 3.8) is 0 Å². The SMILES string of the molecule is O=C(NCCCCO)c1cc(Br)ccc1I. The summed E-state index contributed by atoms with van der Waals surface area (Å²) in [5.41, 5.74) is 0.680. The first-order chi connectivity index (χ1) is 7.65. The van der Waals surface area contributed by atoms with E-state index in [-0.39, 0.29) is 12.5 Å². The highest BCUT2D eigenvalue weighted by Gasteiger charge is 2.09. The topological polar surface area (TPSA) is 49.3 Å². The molecular weight excluding hydrogens is 385 g/mol. The summed E-state index contributed by atoms with van der Waals surface area (Å²) >= 11 is 5.48. The highest BCUT2D eigenvalue weighted by Crippen LogP contribution is 2.18. The molecular formula is C11H13BrINO2. The van der Waals surface area contributed by atoms with Gasteiger partial charge in [0.25, 0.3) is 5.91 Å². The lowest BCUT2D eigenvalue weighted by atomic mass is 10.2. The maximum Gasteiger partial charge on any atom is 0.252 e. The molecule has 0 bridgehead atoms. The third-order valence-electron chi connectivity index (χ3n) is 2.04. The van der Waals surface area contributed by atoms with E-state index in [1.807, 2.05) is 18.2 Å². The van der Waals surface area contributed by atoms with E-state index in [1.54, 1.807) is 0 Å². The van der Waals surface area contributed by atoms with Crippen LogP contribution in [0.3, 0.4) is 0 Å². The standard InChI is InChI=1S/C11H13BrINO2/c12-8-3-4-10(13)9(7-8)11(16)14-5-1-2-6-15/h3-4,7,15H,1-2,5-6H2,(H,14,16). The number of amides is 1. The number of aliphatic hydroxyl groups excluding tert-OH is 1. The van der Waals surface area contributed by atoms with E-state index in [2.05, 4.69) is 43.8 Å². The Morgan fingerprint density at radius 3 is 2.88 bits per heavy atom. The van der Waals surface area contributed by atoms with Crippen molar-refractivity contribution in [3.8, 4) is 0 Å². The molecule has 5 heteroatoms. The molecule has 1 amide bonds. The van der Waals surface area contributed by atoms with E-state index >= 15 is 0 Å². The predicted octanol–water partition coefficient (Wildman–Crippen LogP) is 2.56. The fourth-order valence-electron chi connectivity index (χ4n) is 1.21. The van der Waals surface area contributed by atoms with Gasteiger partial charge in [0, 0.05) is 21.2 Å². The number of carbonyl (C=O) groups is 1. The van der Waals surface area contributed by atoms with Gasteiger partial charge in [0.2, 0.25) is 0 Å². The summed E-state index contributed by atoms with van der Waals surface area (Å²) in [6.07, 6.45) is 1.52. The fourth-order valence-corrected chi connectivity index (χ4v) is 2.15. The Bertz CT molecular complexity index is 371. The van der Waals surface area contributed by atoms with Crippen molar-refractivity contribution >= 4 is 44.4 Å². The van der Waals surface area contributed by atoms with Crippen LogP contribution in [-0.2, 0) is 0 Å². The summed E-state index contributed by atoms with van der Waals surface area (Å²) in [7, 11) is 0. The summed E-state index contributed by atoms with van der Waals surface area (Å²) in [5, 5.41) is 11.4. The van der Waals surface area contributed by atoms with E-state index in [0.29, 0.717) is 12.1 Å². The van der Waals surface area contributed by atoms with Gasteiger partial charge < -0.3 is 10.4 Å². The third-order valence-corrected chi connectivity index (χ3v) is 3.48. The molecule has 0 saturated heterocycles.